The van der Waals surface area contributed by atoms with E-state index in [1.54, 1.807) is 55.4 Å². The number of fused-ring (bicyclic) bond motifs is 1. The highest BCUT2D eigenvalue weighted by atomic mass is 32.2. The normalized spacial score (nSPS) is 18.5. The first-order valence-corrected chi connectivity index (χ1v) is 12.4. The summed E-state index contributed by atoms with van der Waals surface area (Å²) in [6.45, 7) is 0. The van der Waals surface area contributed by atoms with E-state index in [4.69, 9.17) is 9.47 Å². The second kappa shape index (κ2) is 9.38. The molecule has 178 valence electrons. The number of nitrogens with zero attached hydrogens (tertiary/aromatic N) is 1. The van der Waals surface area contributed by atoms with Crippen LogP contribution in [0.4, 0.5) is 0 Å². The zero-order valence-electron chi connectivity index (χ0n) is 19.3. The Morgan fingerprint density at radius 1 is 1.00 bits per heavy atom. The molecule has 0 bridgehead atoms. The average Bonchev–Trinajstić information content (AvgIpc) is 3.42. The summed E-state index contributed by atoms with van der Waals surface area (Å²) in [6, 6.07) is 20.3. The zero-order chi connectivity index (χ0) is 24.5. The highest BCUT2D eigenvalue weighted by Gasteiger charge is 2.27. The molecule has 0 saturated heterocycles. The summed E-state index contributed by atoms with van der Waals surface area (Å²) in [7, 11) is 1.93. The molecule has 1 aliphatic heterocycles. The summed E-state index contributed by atoms with van der Waals surface area (Å²) in [5.41, 5.74) is 3.52. The minimum Gasteiger partial charge on any atom is -0.486 e. The molecule has 3 aromatic carbocycles. The molecule has 1 aliphatic carbocycles. The van der Waals surface area contributed by atoms with Gasteiger partial charge in [-0.15, -0.1) is 0 Å². The van der Waals surface area contributed by atoms with Gasteiger partial charge in [-0.25, -0.2) is 4.21 Å². The summed E-state index contributed by atoms with van der Waals surface area (Å²) >= 11 is 0. The highest BCUT2D eigenvalue weighted by Crippen LogP contribution is 2.41. The van der Waals surface area contributed by atoms with Gasteiger partial charge in [-0.1, -0.05) is 24.3 Å². The van der Waals surface area contributed by atoms with Crippen LogP contribution in [0.5, 0.6) is 17.2 Å². The highest BCUT2D eigenvalue weighted by molar-refractivity contribution is 7.93. The number of carbonyl (C=O) groups is 2. The topological polar surface area (TPSA) is 84.9 Å². The molecule has 3 aromatic rings. The van der Waals surface area contributed by atoms with Crippen molar-refractivity contribution < 1.29 is 23.3 Å². The lowest BCUT2D eigenvalue weighted by Gasteiger charge is -2.16. The van der Waals surface area contributed by atoms with Crippen LogP contribution in [0.15, 0.2) is 72.8 Å². The number of benzene rings is 3. The third-order valence-electron chi connectivity index (χ3n) is 5.98. The second-order valence-electron chi connectivity index (χ2n) is 8.56. The molecular weight excluding hydrogens is 464 g/mol. The standard InChI is InChI=1S/C27H24N2O5S/c1-29(2)27(31)18-8-12-20(13-9-18)33-23-5-3-4-21-22(23)14-15-24(21)34-19-10-6-17(7-11-19)25-16-26(30)28-35(25)32/h3-13,16,24H,14-15H2,1-2H3,(H,28,30)/t24-,35?/m1/s1. The Balaban J connectivity index is 1.29. The van der Waals surface area contributed by atoms with Crippen molar-refractivity contribution in [2.45, 2.75) is 18.9 Å². The molecule has 0 radical (unpaired) electrons. The maximum absolute atomic E-state index is 12.1. The monoisotopic (exact) mass is 488 g/mol. The van der Waals surface area contributed by atoms with Crippen LogP contribution in [0.3, 0.4) is 0 Å². The van der Waals surface area contributed by atoms with E-state index < -0.39 is 11.0 Å². The Hall–Kier alpha value is -3.91. The van der Waals surface area contributed by atoms with Crippen molar-refractivity contribution in [1.82, 2.24) is 9.62 Å². The molecule has 0 fully saturated rings. The number of amides is 2. The molecule has 5 rings (SSSR count). The van der Waals surface area contributed by atoms with E-state index >= 15 is 0 Å². The van der Waals surface area contributed by atoms with Gasteiger partial charge in [0.1, 0.15) is 23.4 Å². The molecule has 2 atom stereocenters. The van der Waals surface area contributed by atoms with Crippen LogP contribution >= 0.6 is 0 Å². The molecule has 2 amide bonds. The minimum atomic E-state index is -1.52. The molecule has 35 heavy (non-hydrogen) atoms. The minimum absolute atomic E-state index is 0.0523. The predicted octanol–water partition coefficient (Wildman–Crippen LogP) is 4.38. The molecule has 1 heterocycles. The first-order valence-electron chi connectivity index (χ1n) is 11.2. The van der Waals surface area contributed by atoms with Gasteiger partial charge in [0.05, 0.1) is 4.91 Å². The molecule has 1 unspecified atom stereocenters. The fourth-order valence-electron chi connectivity index (χ4n) is 4.25. The van der Waals surface area contributed by atoms with Crippen molar-refractivity contribution in [2.24, 2.45) is 0 Å². The number of rotatable bonds is 6. The smallest absolute Gasteiger partial charge is 0.257 e. The van der Waals surface area contributed by atoms with Gasteiger partial charge in [-0.05, 0) is 66.4 Å². The van der Waals surface area contributed by atoms with Crippen LogP contribution in [0, 0.1) is 0 Å². The van der Waals surface area contributed by atoms with E-state index in [-0.39, 0.29) is 17.9 Å². The maximum Gasteiger partial charge on any atom is 0.257 e. The van der Waals surface area contributed by atoms with Gasteiger partial charge in [0.15, 0.2) is 11.0 Å². The van der Waals surface area contributed by atoms with Gasteiger partial charge in [-0.3, -0.25) is 14.3 Å². The number of hydrogen-bond donors (Lipinski definition) is 1. The Kier molecular flexibility index (Phi) is 6.13. The van der Waals surface area contributed by atoms with Crippen LogP contribution in [0.2, 0.25) is 0 Å². The van der Waals surface area contributed by atoms with Crippen molar-refractivity contribution >= 4 is 27.7 Å². The van der Waals surface area contributed by atoms with E-state index in [9.17, 15) is 13.8 Å². The molecule has 1 N–H and O–H groups in total. The SMILES string of the molecule is CN(C)C(=O)c1ccc(Oc2cccc3c2CC[C@H]3Oc2ccc(C3=CC(=O)NS3=O)cc2)cc1. The summed E-state index contributed by atoms with van der Waals surface area (Å²) in [4.78, 5) is 25.5. The summed E-state index contributed by atoms with van der Waals surface area (Å²) in [5.74, 6) is 1.74. The van der Waals surface area contributed by atoms with Crippen LogP contribution < -0.4 is 14.2 Å². The quantitative estimate of drug-likeness (QED) is 0.557. The van der Waals surface area contributed by atoms with Crippen molar-refractivity contribution in [1.29, 1.82) is 0 Å². The lowest BCUT2D eigenvalue weighted by Crippen LogP contribution is -2.21. The Morgan fingerprint density at radius 2 is 1.71 bits per heavy atom. The van der Waals surface area contributed by atoms with E-state index in [0.29, 0.717) is 22.0 Å². The van der Waals surface area contributed by atoms with Crippen LogP contribution in [0.25, 0.3) is 4.91 Å². The van der Waals surface area contributed by atoms with Gasteiger partial charge in [0.25, 0.3) is 11.8 Å². The second-order valence-corrected chi connectivity index (χ2v) is 9.74. The van der Waals surface area contributed by atoms with Gasteiger partial charge in [-0.2, -0.15) is 0 Å². The lowest BCUT2D eigenvalue weighted by atomic mass is 10.1. The zero-order valence-corrected chi connectivity index (χ0v) is 20.1. The summed E-state index contributed by atoms with van der Waals surface area (Å²) in [5, 5.41) is 0. The van der Waals surface area contributed by atoms with Gasteiger partial charge in [0.2, 0.25) is 0 Å². The van der Waals surface area contributed by atoms with E-state index in [1.807, 2.05) is 24.3 Å². The Labute approximate surface area is 205 Å². The van der Waals surface area contributed by atoms with Crippen molar-refractivity contribution in [3.63, 3.8) is 0 Å². The first-order chi connectivity index (χ1) is 16.9. The average molecular weight is 489 g/mol. The van der Waals surface area contributed by atoms with E-state index in [2.05, 4.69) is 10.8 Å². The van der Waals surface area contributed by atoms with Gasteiger partial charge in [0, 0.05) is 31.3 Å². The van der Waals surface area contributed by atoms with Crippen LogP contribution in [-0.4, -0.2) is 35.0 Å². The third-order valence-corrected chi connectivity index (χ3v) is 7.12. The first kappa shape index (κ1) is 22.9. The Bertz CT molecular complexity index is 1350. The van der Waals surface area contributed by atoms with Gasteiger partial charge < -0.3 is 14.4 Å². The predicted molar refractivity (Wildman–Crippen MR) is 133 cm³/mol. The lowest BCUT2D eigenvalue weighted by molar-refractivity contribution is -0.114. The number of carbonyl (C=O) groups excluding carboxylic acids is 2. The molecular formula is C27H24N2O5S. The van der Waals surface area contributed by atoms with Crippen LogP contribution in [-0.2, 0) is 22.2 Å². The Morgan fingerprint density at radius 3 is 2.37 bits per heavy atom. The van der Waals surface area contributed by atoms with E-state index in [1.165, 1.54) is 6.08 Å². The van der Waals surface area contributed by atoms with Crippen molar-refractivity contribution in [2.75, 3.05) is 14.1 Å². The third kappa shape index (κ3) is 4.70. The van der Waals surface area contributed by atoms with Crippen LogP contribution in [0.1, 0.15) is 39.6 Å². The molecule has 7 nitrogen and oxygen atoms in total. The molecule has 2 aliphatic rings. The fraction of sp³-hybridized carbons (Fsp3) is 0.185. The molecule has 0 spiro atoms. The maximum atomic E-state index is 12.1. The van der Waals surface area contributed by atoms with Crippen molar-refractivity contribution in [3.8, 4) is 17.2 Å². The molecule has 0 aromatic heterocycles. The van der Waals surface area contributed by atoms with E-state index in [0.717, 1.165) is 35.3 Å². The largest absolute Gasteiger partial charge is 0.486 e. The molecule has 0 saturated carbocycles. The molecule has 8 heteroatoms. The number of nitrogens with one attached hydrogen (secondary N) is 1. The van der Waals surface area contributed by atoms with Gasteiger partial charge >= 0.3 is 0 Å². The number of hydrogen-bond acceptors (Lipinski definition) is 5. The summed E-state index contributed by atoms with van der Waals surface area (Å²) < 4.78 is 26.8. The van der Waals surface area contributed by atoms with Crippen molar-refractivity contribution in [3.05, 3.63) is 95.1 Å². The number of ether oxygens (including phenoxy) is 2. The fourth-order valence-corrected chi connectivity index (χ4v) is 5.17. The summed E-state index contributed by atoms with van der Waals surface area (Å²) in [6.07, 6.45) is 2.89.